The highest BCUT2D eigenvalue weighted by atomic mass is 16.5. The van der Waals surface area contributed by atoms with E-state index in [2.05, 4.69) is 24.1 Å². The molecule has 4 heteroatoms. The zero-order chi connectivity index (χ0) is 13.1. The van der Waals surface area contributed by atoms with Crippen molar-refractivity contribution in [3.05, 3.63) is 0 Å². The lowest BCUT2D eigenvalue weighted by atomic mass is 9.96. The molecule has 0 radical (unpaired) electrons. The molecule has 1 aliphatic rings. The molecule has 0 spiro atoms. The Balaban J connectivity index is 2.56. The van der Waals surface area contributed by atoms with Gasteiger partial charge in [-0.25, -0.2) is 0 Å². The van der Waals surface area contributed by atoms with Crippen LogP contribution in [0.2, 0.25) is 0 Å². The van der Waals surface area contributed by atoms with Crippen LogP contribution in [-0.2, 0) is 9.53 Å². The number of hydrogen-bond donors (Lipinski definition) is 1. The smallest absolute Gasteiger partial charge is 0.325 e. The number of ether oxygens (including phenoxy) is 1. The van der Waals surface area contributed by atoms with Crippen LogP contribution in [0.1, 0.15) is 40.0 Å². The summed E-state index contributed by atoms with van der Waals surface area (Å²) in [5.74, 6) is -0.183. The SMILES string of the molecule is CNC(C)(CCN1CCCC1(C)C)C(=O)OC. The molecule has 0 aromatic rings. The molecule has 0 bridgehead atoms. The summed E-state index contributed by atoms with van der Waals surface area (Å²) < 4.78 is 4.85. The first-order chi connectivity index (χ1) is 7.85. The van der Waals surface area contributed by atoms with E-state index in [-0.39, 0.29) is 11.5 Å². The number of likely N-dealkylation sites (tertiary alicyclic amines) is 1. The molecule has 17 heavy (non-hydrogen) atoms. The standard InChI is InChI=1S/C13H26N2O2/c1-12(2)7-6-9-15(12)10-8-13(3,14-4)11(16)17-5/h14H,6-10H2,1-5H3. The van der Waals surface area contributed by atoms with Gasteiger partial charge in [-0.05, 0) is 53.6 Å². The zero-order valence-corrected chi connectivity index (χ0v) is 11.8. The molecule has 0 amide bonds. The maximum Gasteiger partial charge on any atom is 0.325 e. The van der Waals surface area contributed by atoms with Crippen LogP contribution in [0.25, 0.3) is 0 Å². The Hall–Kier alpha value is -0.610. The van der Waals surface area contributed by atoms with Gasteiger partial charge >= 0.3 is 5.97 Å². The lowest BCUT2D eigenvalue weighted by Gasteiger charge is -2.35. The normalized spacial score (nSPS) is 23.4. The van der Waals surface area contributed by atoms with E-state index in [4.69, 9.17) is 4.74 Å². The molecular weight excluding hydrogens is 216 g/mol. The summed E-state index contributed by atoms with van der Waals surface area (Å²) in [6.07, 6.45) is 3.27. The first-order valence-electron chi connectivity index (χ1n) is 6.38. The molecule has 1 atom stereocenters. The molecule has 4 nitrogen and oxygen atoms in total. The van der Waals surface area contributed by atoms with Crippen molar-refractivity contribution in [2.45, 2.75) is 51.1 Å². The van der Waals surface area contributed by atoms with Crippen molar-refractivity contribution in [2.75, 3.05) is 27.2 Å². The summed E-state index contributed by atoms with van der Waals surface area (Å²) in [5.41, 5.74) is -0.307. The third-order valence-corrected chi connectivity index (χ3v) is 4.14. The quantitative estimate of drug-likeness (QED) is 0.740. The van der Waals surface area contributed by atoms with Gasteiger partial charge in [0.15, 0.2) is 0 Å². The van der Waals surface area contributed by atoms with Crippen molar-refractivity contribution in [3.63, 3.8) is 0 Å². The highest BCUT2D eigenvalue weighted by Crippen LogP contribution is 2.29. The van der Waals surface area contributed by atoms with E-state index in [1.165, 1.54) is 20.0 Å². The number of nitrogens with zero attached hydrogens (tertiary/aromatic N) is 1. The molecule has 100 valence electrons. The highest BCUT2D eigenvalue weighted by molar-refractivity contribution is 5.80. The van der Waals surface area contributed by atoms with E-state index in [1.54, 1.807) is 0 Å². The summed E-state index contributed by atoms with van der Waals surface area (Å²) in [4.78, 5) is 14.2. The third-order valence-electron chi connectivity index (χ3n) is 4.14. The van der Waals surface area contributed by atoms with Crippen LogP contribution in [0, 0.1) is 0 Å². The van der Waals surface area contributed by atoms with Gasteiger partial charge in [0, 0.05) is 12.1 Å². The molecule has 0 aromatic carbocycles. The van der Waals surface area contributed by atoms with Crippen molar-refractivity contribution >= 4 is 5.97 Å². The lowest BCUT2D eigenvalue weighted by Crippen LogP contribution is -2.51. The average Bonchev–Trinajstić information content (AvgIpc) is 2.64. The molecule has 1 N–H and O–H groups in total. The summed E-state index contributed by atoms with van der Waals surface area (Å²) >= 11 is 0. The van der Waals surface area contributed by atoms with Crippen LogP contribution in [0.5, 0.6) is 0 Å². The number of esters is 1. The number of hydrogen-bond acceptors (Lipinski definition) is 4. The summed E-state index contributed by atoms with van der Waals surface area (Å²) in [6.45, 7) is 8.51. The van der Waals surface area contributed by atoms with Gasteiger partial charge in [0.25, 0.3) is 0 Å². The summed E-state index contributed by atoms with van der Waals surface area (Å²) in [7, 11) is 3.25. The number of nitrogens with one attached hydrogen (secondary N) is 1. The predicted molar refractivity (Wildman–Crippen MR) is 69.0 cm³/mol. The Morgan fingerprint density at radius 3 is 2.59 bits per heavy atom. The Bertz CT molecular complexity index is 279. The second-order valence-electron chi connectivity index (χ2n) is 5.73. The second kappa shape index (κ2) is 5.36. The molecule has 1 aliphatic heterocycles. The lowest BCUT2D eigenvalue weighted by molar-refractivity contribution is -0.148. The van der Waals surface area contributed by atoms with Crippen LogP contribution in [0.3, 0.4) is 0 Å². The molecule has 1 saturated heterocycles. The number of carbonyl (C=O) groups excluding carboxylic acids is 1. The zero-order valence-electron chi connectivity index (χ0n) is 11.8. The van der Waals surface area contributed by atoms with Crippen molar-refractivity contribution < 1.29 is 9.53 Å². The van der Waals surface area contributed by atoms with Gasteiger partial charge in [-0.15, -0.1) is 0 Å². The minimum atomic E-state index is -0.576. The molecule has 1 fully saturated rings. The van der Waals surface area contributed by atoms with Crippen molar-refractivity contribution in [3.8, 4) is 0 Å². The molecular formula is C13H26N2O2. The van der Waals surface area contributed by atoms with Gasteiger partial charge in [0.05, 0.1) is 7.11 Å². The molecule has 0 aromatic heterocycles. The first-order valence-corrected chi connectivity index (χ1v) is 6.38. The van der Waals surface area contributed by atoms with Crippen LogP contribution in [0.4, 0.5) is 0 Å². The number of methoxy groups -OCH3 is 1. The van der Waals surface area contributed by atoms with E-state index >= 15 is 0 Å². The van der Waals surface area contributed by atoms with E-state index in [9.17, 15) is 4.79 Å². The molecule has 1 rings (SSSR count). The second-order valence-corrected chi connectivity index (χ2v) is 5.73. The average molecular weight is 242 g/mol. The Morgan fingerprint density at radius 1 is 1.53 bits per heavy atom. The van der Waals surface area contributed by atoms with Crippen LogP contribution in [-0.4, -0.2) is 49.2 Å². The minimum absolute atomic E-state index is 0.183. The Labute approximate surface area is 105 Å². The van der Waals surface area contributed by atoms with Gasteiger partial charge in [-0.1, -0.05) is 0 Å². The largest absolute Gasteiger partial charge is 0.468 e. The van der Waals surface area contributed by atoms with Gasteiger partial charge in [0.2, 0.25) is 0 Å². The van der Waals surface area contributed by atoms with Crippen LogP contribution < -0.4 is 5.32 Å². The topological polar surface area (TPSA) is 41.6 Å². The summed E-state index contributed by atoms with van der Waals surface area (Å²) in [5, 5.41) is 3.08. The molecule has 0 aliphatic carbocycles. The number of carbonyl (C=O) groups is 1. The van der Waals surface area contributed by atoms with E-state index < -0.39 is 5.54 Å². The third kappa shape index (κ3) is 3.19. The maximum absolute atomic E-state index is 11.7. The van der Waals surface area contributed by atoms with Gasteiger partial charge in [-0.3, -0.25) is 9.69 Å². The monoisotopic (exact) mass is 242 g/mol. The van der Waals surface area contributed by atoms with Gasteiger partial charge in [0.1, 0.15) is 5.54 Å². The molecule has 1 heterocycles. The minimum Gasteiger partial charge on any atom is -0.468 e. The van der Waals surface area contributed by atoms with Crippen molar-refractivity contribution in [1.82, 2.24) is 10.2 Å². The van der Waals surface area contributed by atoms with Crippen LogP contribution in [0.15, 0.2) is 0 Å². The van der Waals surface area contributed by atoms with E-state index in [0.717, 1.165) is 19.5 Å². The fourth-order valence-electron chi connectivity index (χ4n) is 2.49. The number of likely N-dealkylation sites (N-methyl/N-ethyl adjacent to an activating group) is 1. The first kappa shape index (κ1) is 14.5. The Morgan fingerprint density at radius 2 is 2.18 bits per heavy atom. The number of rotatable bonds is 5. The Kier molecular flexibility index (Phi) is 4.55. The van der Waals surface area contributed by atoms with Crippen molar-refractivity contribution in [2.24, 2.45) is 0 Å². The van der Waals surface area contributed by atoms with Gasteiger partial charge in [-0.2, -0.15) is 0 Å². The van der Waals surface area contributed by atoms with Crippen molar-refractivity contribution in [1.29, 1.82) is 0 Å². The fraction of sp³-hybridized carbons (Fsp3) is 0.923. The molecule has 0 saturated carbocycles. The van der Waals surface area contributed by atoms with Gasteiger partial charge < -0.3 is 10.1 Å². The summed E-state index contributed by atoms with van der Waals surface area (Å²) in [6, 6.07) is 0. The fourth-order valence-corrected chi connectivity index (χ4v) is 2.49. The highest BCUT2D eigenvalue weighted by Gasteiger charge is 2.36. The van der Waals surface area contributed by atoms with E-state index in [0.29, 0.717) is 0 Å². The van der Waals surface area contributed by atoms with E-state index in [1.807, 2.05) is 14.0 Å². The molecule has 1 unspecified atom stereocenters. The maximum atomic E-state index is 11.7. The van der Waals surface area contributed by atoms with Crippen LogP contribution >= 0.6 is 0 Å². The predicted octanol–water partition coefficient (Wildman–Crippen LogP) is 1.40.